The van der Waals surface area contributed by atoms with E-state index in [0.717, 1.165) is 12.8 Å². The van der Waals surface area contributed by atoms with Crippen LogP contribution in [0.5, 0.6) is 0 Å². The lowest BCUT2D eigenvalue weighted by Gasteiger charge is -2.11. The van der Waals surface area contributed by atoms with E-state index in [1.54, 1.807) is 6.92 Å². The normalized spacial score (nSPS) is 19.8. The number of carbonyl (C=O) groups is 1. The predicted molar refractivity (Wildman–Crippen MR) is 48.2 cm³/mol. The summed E-state index contributed by atoms with van der Waals surface area (Å²) in [5, 5.41) is 8.56. The molecule has 1 N–H and O–H groups in total. The third-order valence-corrected chi connectivity index (χ3v) is 4.38. The molecule has 13 heavy (non-hydrogen) atoms. The Bertz CT molecular complexity index is 300. The fourth-order valence-electron chi connectivity index (χ4n) is 1.44. The molecule has 0 aliphatic heterocycles. The summed E-state index contributed by atoms with van der Waals surface area (Å²) in [4.78, 5) is 10.4. The highest BCUT2D eigenvalue weighted by atomic mass is 32.2. The Hall–Kier alpha value is -0.580. The Morgan fingerprint density at radius 3 is 2.31 bits per heavy atom. The summed E-state index contributed by atoms with van der Waals surface area (Å²) in [6.45, 7) is 1.59. The van der Waals surface area contributed by atoms with E-state index >= 15 is 0 Å². The molecule has 0 saturated heterocycles. The van der Waals surface area contributed by atoms with Crippen LogP contribution in [0.15, 0.2) is 0 Å². The van der Waals surface area contributed by atoms with E-state index in [1.807, 2.05) is 0 Å². The minimum absolute atomic E-state index is 0.00771. The maximum Gasteiger partial charge on any atom is 0.303 e. The Morgan fingerprint density at radius 1 is 1.46 bits per heavy atom. The zero-order valence-corrected chi connectivity index (χ0v) is 8.43. The molecular formula is C8H14O4S. The molecule has 0 unspecified atom stereocenters. The summed E-state index contributed by atoms with van der Waals surface area (Å²) < 4.78 is 22.5. The molecular weight excluding hydrogens is 192 g/mol. The largest absolute Gasteiger partial charge is 0.481 e. The first kappa shape index (κ1) is 10.5. The summed E-state index contributed by atoms with van der Waals surface area (Å²) >= 11 is 0. The van der Waals surface area contributed by atoms with Gasteiger partial charge in [-0.05, 0) is 18.3 Å². The fourth-order valence-corrected chi connectivity index (χ4v) is 2.97. The number of carboxylic acid groups (broad SMARTS) is 1. The van der Waals surface area contributed by atoms with Gasteiger partial charge in [0.15, 0.2) is 9.84 Å². The van der Waals surface area contributed by atoms with Crippen LogP contribution in [0.2, 0.25) is 0 Å². The van der Waals surface area contributed by atoms with Crippen molar-refractivity contribution in [2.24, 2.45) is 5.41 Å². The van der Waals surface area contributed by atoms with Gasteiger partial charge in [-0.25, -0.2) is 8.42 Å². The van der Waals surface area contributed by atoms with Crippen molar-refractivity contribution in [3.8, 4) is 0 Å². The second kappa shape index (κ2) is 3.29. The molecule has 0 aromatic heterocycles. The lowest BCUT2D eigenvalue weighted by Crippen LogP contribution is -2.21. The molecule has 0 aromatic carbocycles. The van der Waals surface area contributed by atoms with E-state index in [4.69, 9.17) is 5.11 Å². The van der Waals surface area contributed by atoms with E-state index in [-0.39, 0.29) is 17.9 Å². The van der Waals surface area contributed by atoms with Crippen LogP contribution in [-0.2, 0) is 14.6 Å². The number of rotatable bonds is 5. The third-order valence-electron chi connectivity index (χ3n) is 2.45. The lowest BCUT2D eigenvalue weighted by atomic mass is 10.1. The molecule has 1 rings (SSSR count). The second-order valence-corrected chi connectivity index (χ2v) is 6.10. The zero-order chi connectivity index (χ0) is 10.1. The minimum atomic E-state index is -3.02. The van der Waals surface area contributed by atoms with Crippen molar-refractivity contribution in [2.75, 3.05) is 11.5 Å². The standard InChI is InChI=1S/C8H14O4S/c1-2-13(11,12)6-8(3-4-8)5-7(9)10/h2-6H2,1H3,(H,9,10). The van der Waals surface area contributed by atoms with Gasteiger partial charge in [0.05, 0.1) is 12.2 Å². The van der Waals surface area contributed by atoms with Gasteiger partial charge in [0.1, 0.15) is 0 Å². The van der Waals surface area contributed by atoms with Gasteiger partial charge in [0.2, 0.25) is 0 Å². The van der Waals surface area contributed by atoms with Crippen molar-refractivity contribution >= 4 is 15.8 Å². The summed E-state index contributed by atoms with van der Waals surface area (Å²) in [7, 11) is -3.02. The summed E-state index contributed by atoms with van der Waals surface area (Å²) in [6, 6.07) is 0. The van der Waals surface area contributed by atoms with Crippen LogP contribution in [-0.4, -0.2) is 31.0 Å². The van der Waals surface area contributed by atoms with Gasteiger partial charge in [-0.1, -0.05) is 6.92 Å². The molecule has 0 bridgehead atoms. The topological polar surface area (TPSA) is 71.4 Å². The number of aliphatic carboxylic acids is 1. The zero-order valence-electron chi connectivity index (χ0n) is 7.62. The van der Waals surface area contributed by atoms with E-state index in [0.29, 0.717) is 0 Å². The first-order valence-corrected chi connectivity index (χ1v) is 6.13. The van der Waals surface area contributed by atoms with Crippen molar-refractivity contribution in [2.45, 2.75) is 26.2 Å². The quantitative estimate of drug-likeness (QED) is 0.718. The van der Waals surface area contributed by atoms with Crippen LogP contribution < -0.4 is 0 Å². The van der Waals surface area contributed by atoms with E-state index < -0.39 is 21.2 Å². The van der Waals surface area contributed by atoms with Crippen molar-refractivity contribution in [1.29, 1.82) is 0 Å². The molecule has 0 radical (unpaired) electrons. The van der Waals surface area contributed by atoms with E-state index in [9.17, 15) is 13.2 Å². The van der Waals surface area contributed by atoms with Crippen LogP contribution in [0.1, 0.15) is 26.2 Å². The van der Waals surface area contributed by atoms with Crippen LogP contribution >= 0.6 is 0 Å². The van der Waals surface area contributed by atoms with Gasteiger partial charge in [0, 0.05) is 5.75 Å². The highest BCUT2D eigenvalue weighted by molar-refractivity contribution is 7.91. The highest BCUT2D eigenvalue weighted by Gasteiger charge is 2.47. The van der Waals surface area contributed by atoms with Crippen molar-refractivity contribution in [3.05, 3.63) is 0 Å². The SMILES string of the molecule is CCS(=O)(=O)CC1(CC(=O)O)CC1. The molecule has 76 valence electrons. The van der Waals surface area contributed by atoms with Gasteiger partial charge < -0.3 is 5.11 Å². The van der Waals surface area contributed by atoms with E-state index in [1.165, 1.54) is 0 Å². The maximum absolute atomic E-state index is 11.2. The van der Waals surface area contributed by atoms with Gasteiger partial charge in [0.25, 0.3) is 0 Å². The third kappa shape index (κ3) is 2.99. The first-order chi connectivity index (χ1) is 5.89. The van der Waals surface area contributed by atoms with Gasteiger partial charge >= 0.3 is 5.97 Å². The van der Waals surface area contributed by atoms with E-state index in [2.05, 4.69) is 0 Å². The Kier molecular flexibility index (Phi) is 2.66. The minimum Gasteiger partial charge on any atom is -0.481 e. The molecule has 0 aromatic rings. The number of hydrogen-bond acceptors (Lipinski definition) is 3. The van der Waals surface area contributed by atoms with Crippen LogP contribution in [0.3, 0.4) is 0 Å². The predicted octanol–water partition coefficient (Wildman–Crippen LogP) is 0.676. The summed E-state index contributed by atoms with van der Waals surface area (Å²) in [6.07, 6.45) is 1.46. The number of hydrogen-bond donors (Lipinski definition) is 1. The van der Waals surface area contributed by atoms with Crippen LogP contribution in [0.25, 0.3) is 0 Å². The Morgan fingerprint density at radius 2 is 2.00 bits per heavy atom. The van der Waals surface area contributed by atoms with Crippen molar-refractivity contribution in [3.63, 3.8) is 0 Å². The maximum atomic E-state index is 11.2. The summed E-state index contributed by atoms with van der Waals surface area (Å²) in [5.41, 5.74) is -0.430. The Labute approximate surface area is 77.9 Å². The average Bonchev–Trinajstić information content (AvgIpc) is 2.66. The molecule has 5 heteroatoms. The highest BCUT2D eigenvalue weighted by Crippen LogP contribution is 2.49. The molecule has 4 nitrogen and oxygen atoms in total. The first-order valence-electron chi connectivity index (χ1n) is 4.31. The number of carboxylic acids is 1. The monoisotopic (exact) mass is 206 g/mol. The van der Waals surface area contributed by atoms with Gasteiger partial charge in [-0.2, -0.15) is 0 Å². The molecule has 0 heterocycles. The summed E-state index contributed by atoms with van der Waals surface area (Å²) in [5.74, 6) is -0.749. The smallest absolute Gasteiger partial charge is 0.303 e. The van der Waals surface area contributed by atoms with Crippen molar-refractivity contribution in [1.82, 2.24) is 0 Å². The molecule has 1 saturated carbocycles. The molecule has 1 aliphatic carbocycles. The molecule has 0 atom stereocenters. The molecule has 0 amide bonds. The second-order valence-electron chi connectivity index (χ2n) is 3.75. The average molecular weight is 206 g/mol. The fraction of sp³-hybridized carbons (Fsp3) is 0.875. The number of sulfone groups is 1. The molecule has 1 fully saturated rings. The van der Waals surface area contributed by atoms with Gasteiger partial charge in [-0.3, -0.25) is 4.79 Å². The molecule has 0 spiro atoms. The van der Waals surface area contributed by atoms with Crippen molar-refractivity contribution < 1.29 is 18.3 Å². The lowest BCUT2D eigenvalue weighted by molar-refractivity contribution is -0.138. The van der Waals surface area contributed by atoms with Crippen LogP contribution in [0, 0.1) is 5.41 Å². The molecule has 1 aliphatic rings. The van der Waals surface area contributed by atoms with Gasteiger partial charge in [-0.15, -0.1) is 0 Å². The Balaban J connectivity index is 2.58. The van der Waals surface area contributed by atoms with Crippen LogP contribution in [0.4, 0.5) is 0 Å².